The highest BCUT2D eigenvalue weighted by molar-refractivity contribution is 6.00. The molecular formula is C34H34FN7O. The summed E-state index contributed by atoms with van der Waals surface area (Å²) in [6.07, 6.45) is 8.17. The van der Waals surface area contributed by atoms with Crippen LogP contribution >= 0.6 is 0 Å². The topological polar surface area (TPSA) is 86.0 Å². The average molecular weight is 576 g/mol. The van der Waals surface area contributed by atoms with Crippen LogP contribution in [0, 0.1) is 5.82 Å². The van der Waals surface area contributed by atoms with E-state index in [2.05, 4.69) is 54.3 Å². The van der Waals surface area contributed by atoms with Gasteiger partial charge in [-0.15, -0.1) is 0 Å². The van der Waals surface area contributed by atoms with E-state index in [4.69, 9.17) is 4.74 Å². The maximum Gasteiger partial charge on any atom is 0.127 e. The number of ether oxygens (including phenoxy) is 1. The first-order chi connectivity index (χ1) is 21.0. The molecule has 1 aliphatic rings. The van der Waals surface area contributed by atoms with Crippen LogP contribution in [-0.4, -0.2) is 75.3 Å². The lowest BCUT2D eigenvalue weighted by molar-refractivity contribution is 0.260. The number of H-pyrrole nitrogens is 2. The van der Waals surface area contributed by atoms with Crippen LogP contribution in [0.2, 0.25) is 0 Å². The van der Waals surface area contributed by atoms with Gasteiger partial charge in [-0.25, -0.2) is 4.39 Å². The maximum absolute atomic E-state index is 14.7. The molecule has 218 valence electrons. The summed E-state index contributed by atoms with van der Waals surface area (Å²) in [5.74, 6) is 0.118. The van der Waals surface area contributed by atoms with Crippen molar-refractivity contribution in [3.05, 3.63) is 84.6 Å². The van der Waals surface area contributed by atoms with Gasteiger partial charge < -0.3 is 14.6 Å². The van der Waals surface area contributed by atoms with Crippen LogP contribution in [0.25, 0.3) is 55.6 Å². The largest absolute Gasteiger partial charge is 0.492 e. The van der Waals surface area contributed by atoms with Gasteiger partial charge in [-0.05, 0) is 93.6 Å². The molecule has 43 heavy (non-hydrogen) atoms. The van der Waals surface area contributed by atoms with Gasteiger partial charge in [0.2, 0.25) is 0 Å². The number of benzene rings is 2. The van der Waals surface area contributed by atoms with Gasteiger partial charge in [0.1, 0.15) is 23.9 Å². The molecule has 8 nitrogen and oxygen atoms in total. The highest BCUT2D eigenvalue weighted by atomic mass is 19.1. The summed E-state index contributed by atoms with van der Waals surface area (Å²) in [6, 6.07) is 17.3. The SMILES string of the molecule is CN(C)CCOc1cc(F)cc(-c2nccc3[nH]c(-c4n[nH]c5ccc(-c6cncc(CN7CCCC7)c6)cc45)cc23)c1. The van der Waals surface area contributed by atoms with Gasteiger partial charge in [-0.2, -0.15) is 5.10 Å². The Kier molecular flexibility index (Phi) is 7.34. The molecule has 1 fully saturated rings. The van der Waals surface area contributed by atoms with E-state index in [9.17, 15) is 4.39 Å². The molecule has 0 bridgehead atoms. The van der Waals surface area contributed by atoms with Crippen molar-refractivity contribution in [2.45, 2.75) is 19.4 Å². The summed E-state index contributed by atoms with van der Waals surface area (Å²) in [5, 5.41) is 9.75. The van der Waals surface area contributed by atoms with Gasteiger partial charge in [0.05, 0.1) is 16.9 Å². The van der Waals surface area contributed by atoms with Crippen molar-refractivity contribution in [1.82, 2.24) is 34.9 Å². The lowest BCUT2D eigenvalue weighted by Crippen LogP contribution is -2.19. The minimum absolute atomic E-state index is 0.364. The van der Waals surface area contributed by atoms with Crippen molar-refractivity contribution < 1.29 is 9.13 Å². The number of aromatic nitrogens is 5. The first-order valence-electron chi connectivity index (χ1n) is 14.7. The monoisotopic (exact) mass is 575 g/mol. The quantitative estimate of drug-likeness (QED) is 0.204. The van der Waals surface area contributed by atoms with Crippen molar-refractivity contribution in [2.75, 3.05) is 40.3 Å². The summed E-state index contributed by atoms with van der Waals surface area (Å²) in [6.45, 7) is 4.44. The molecule has 1 aliphatic heterocycles. The normalized spacial score (nSPS) is 14.0. The van der Waals surface area contributed by atoms with Gasteiger partial charge in [0, 0.05) is 65.2 Å². The zero-order chi connectivity index (χ0) is 29.3. The molecule has 0 aliphatic carbocycles. The first kappa shape index (κ1) is 27.2. The van der Waals surface area contributed by atoms with Crippen molar-refractivity contribution in [3.8, 4) is 39.5 Å². The smallest absolute Gasteiger partial charge is 0.127 e. The third kappa shape index (κ3) is 5.74. The van der Waals surface area contributed by atoms with E-state index in [-0.39, 0.29) is 5.82 Å². The van der Waals surface area contributed by atoms with E-state index in [0.29, 0.717) is 23.6 Å². The Morgan fingerprint density at radius 1 is 0.884 bits per heavy atom. The van der Waals surface area contributed by atoms with Crippen LogP contribution in [-0.2, 0) is 6.54 Å². The highest BCUT2D eigenvalue weighted by Gasteiger charge is 2.17. The number of rotatable bonds is 9. The Morgan fingerprint density at radius 3 is 2.60 bits per heavy atom. The minimum atomic E-state index is -0.364. The molecule has 0 spiro atoms. The number of fused-ring (bicyclic) bond motifs is 2. The van der Waals surface area contributed by atoms with Crippen LogP contribution in [0.1, 0.15) is 18.4 Å². The molecule has 6 aromatic rings. The molecule has 0 amide bonds. The average Bonchev–Trinajstić information content (AvgIpc) is 3.76. The zero-order valence-corrected chi connectivity index (χ0v) is 24.4. The van der Waals surface area contributed by atoms with Gasteiger partial charge in [0.15, 0.2) is 0 Å². The maximum atomic E-state index is 14.7. The predicted molar refractivity (Wildman–Crippen MR) is 168 cm³/mol. The van der Waals surface area contributed by atoms with E-state index >= 15 is 0 Å². The van der Waals surface area contributed by atoms with E-state index in [1.165, 1.54) is 30.5 Å². The van der Waals surface area contributed by atoms with E-state index in [0.717, 1.165) is 70.5 Å². The fourth-order valence-electron chi connectivity index (χ4n) is 5.87. The third-order valence-electron chi connectivity index (χ3n) is 8.05. The molecule has 4 aromatic heterocycles. The Bertz CT molecular complexity index is 1900. The molecule has 0 atom stereocenters. The second-order valence-electron chi connectivity index (χ2n) is 11.5. The minimum Gasteiger partial charge on any atom is -0.492 e. The lowest BCUT2D eigenvalue weighted by Gasteiger charge is -2.14. The number of hydrogen-bond acceptors (Lipinski definition) is 6. The molecule has 0 saturated carbocycles. The van der Waals surface area contributed by atoms with Crippen LogP contribution in [0.4, 0.5) is 4.39 Å². The van der Waals surface area contributed by atoms with Crippen molar-refractivity contribution in [3.63, 3.8) is 0 Å². The molecule has 0 radical (unpaired) electrons. The van der Waals surface area contributed by atoms with E-state index in [1.54, 1.807) is 6.20 Å². The predicted octanol–water partition coefficient (Wildman–Crippen LogP) is 6.51. The number of hydrogen-bond donors (Lipinski definition) is 2. The van der Waals surface area contributed by atoms with E-state index in [1.807, 2.05) is 49.6 Å². The number of halogens is 1. The number of likely N-dealkylation sites (N-methyl/N-ethyl adjacent to an activating group) is 1. The molecular weight excluding hydrogens is 541 g/mol. The number of nitrogens with zero attached hydrogens (tertiary/aromatic N) is 5. The van der Waals surface area contributed by atoms with Gasteiger partial charge in [0.25, 0.3) is 0 Å². The third-order valence-corrected chi connectivity index (χ3v) is 8.05. The van der Waals surface area contributed by atoms with Crippen molar-refractivity contribution >= 4 is 21.8 Å². The van der Waals surface area contributed by atoms with Crippen LogP contribution < -0.4 is 4.74 Å². The number of pyridine rings is 2. The van der Waals surface area contributed by atoms with Crippen molar-refractivity contribution in [2.24, 2.45) is 0 Å². The summed E-state index contributed by atoms with van der Waals surface area (Å²) in [4.78, 5) is 17.2. The van der Waals surface area contributed by atoms with Crippen molar-refractivity contribution in [1.29, 1.82) is 0 Å². The standard InChI is InChI=1S/C34H34FN7O/c1-41(2)11-12-43-27-15-24(14-26(35)17-27)33-29-18-32(38-30(29)7-8-37-33)34-28-16-23(5-6-31(28)39-40-34)25-13-22(19-36-20-25)21-42-9-3-4-10-42/h5-8,13-20,38H,3-4,9-12,21H2,1-2H3,(H,39,40). The second-order valence-corrected chi connectivity index (χ2v) is 11.5. The lowest BCUT2D eigenvalue weighted by atomic mass is 10.0. The first-order valence-corrected chi connectivity index (χ1v) is 14.7. The number of likely N-dealkylation sites (tertiary alicyclic amines) is 1. The molecule has 7 rings (SSSR count). The number of aromatic amines is 2. The van der Waals surface area contributed by atoms with Crippen LogP contribution in [0.3, 0.4) is 0 Å². The fourth-order valence-corrected chi connectivity index (χ4v) is 5.87. The number of nitrogens with one attached hydrogen (secondary N) is 2. The van der Waals surface area contributed by atoms with Gasteiger partial charge >= 0.3 is 0 Å². The molecule has 5 heterocycles. The molecule has 2 aromatic carbocycles. The Balaban J connectivity index is 1.22. The second kappa shape index (κ2) is 11.6. The Morgan fingerprint density at radius 2 is 1.74 bits per heavy atom. The van der Waals surface area contributed by atoms with Crippen LogP contribution in [0.5, 0.6) is 5.75 Å². The summed E-state index contributed by atoms with van der Waals surface area (Å²) in [5.41, 5.74) is 8.25. The fraction of sp³-hybridized carbons (Fsp3) is 0.265. The Hall–Kier alpha value is -4.60. The molecule has 9 heteroatoms. The zero-order valence-electron chi connectivity index (χ0n) is 24.4. The summed E-state index contributed by atoms with van der Waals surface area (Å²) < 4.78 is 20.5. The Labute approximate surface area is 249 Å². The highest BCUT2D eigenvalue weighted by Crippen LogP contribution is 2.35. The molecule has 2 N–H and O–H groups in total. The molecule has 0 unspecified atom stereocenters. The van der Waals surface area contributed by atoms with Gasteiger partial charge in [-0.1, -0.05) is 6.07 Å². The van der Waals surface area contributed by atoms with Crippen LogP contribution in [0.15, 0.2) is 73.2 Å². The van der Waals surface area contributed by atoms with Gasteiger partial charge in [-0.3, -0.25) is 20.0 Å². The summed E-state index contributed by atoms with van der Waals surface area (Å²) in [7, 11) is 3.95. The molecule has 1 saturated heterocycles. The van der Waals surface area contributed by atoms with E-state index < -0.39 is 0 Å². The summed E-state index contributed by atoms with van der Waals surface area (Å²) >= 11 is 0.